The van der Waals surface area contributed by atoms with Crippen molar-refractivity contribution in [3.63, 3.8) is 0 Å². The summed E-state index contributed by atoms with van der Waals surface area (Å²) < 4.78 is 10.3. The van der Waals surface area contributed by atoms with Crippen molar-refractivity contribution in [2.24, 2.45) is 0 Å². The Morgan fingerprint density at radius 1 is 1.20 bits per heavy atom. The molecule has 0 atom stereocenters. The smallest absolute Gasteiger partial charge is 0.224 e. The van der Waals surface area contributed by atoms with Crippen LogP contribution in [0.2, 0.25) is 0 Å². The van der Waals surface area contributed by atoms with E-state index in [0.29, 0.717) is 19.6 Å². The minimum Gasteiger partial charge on any atom is -0.496 e. The monoisotopic (exact) mass is 279 g/mol. The van der Waals surface area contributed by atoms with E-state index in [2.05, 4.69) is 5.32 Å². The summed E-state index contributed by atoms with van der Waals surface area (Å²) in [5.41, 5.74) is 4.36. The number of methoxy groups -OCH3 is 2. The maximum Gasteiger partial charge on any atom is 0.224 e. The van der Waals surface area contributed by atoms with Crippen molar-refractivity contribution in [2.75, 3.05) is 27.4 Å². The topological polar surface area (TPSA) is 47.6 Å². The summed E-state index contributed by atoms with van der Waals surface area (Å²) in [7, 11) is 3.34. The zero-order valence-corrected chi connectivity index (χ0v) is 13.1. The van der Waals surface area contributed by atoms with Gasteiger partial charge in [0.15, 0.2) is 0 Å². The highest BCUT2D eigenvalue weighted by Crippen LogP contribution is 2.28. The Balaban J connectivity index is 2.71. The Kier molecular flexibility index (Phi) is 6.52. The third-order valence-corrected chi connectivity index (χ3v) is 3.54. The van der Waals surface area contributed by atoms with E-state index in [9.17, 15) is 4.79 Å². The van der Waals surface area contributed by atoms with Gasteiger partial charge in [-0.2, -0.15) is 0 Å². The highest BCUT2D eigenvalue weighted by molar-refractivity contribution is 5.79. The van der Waals surface area contributed by atoms with Gasteiger partial charge < -0.3 is 14.8 Å². The third kappa shape index (κ3) is 4.23. The molecule has 0 aliphatic rings. The summed E-state index contributed by atoms with van der Waals surface area (Å²) >= 11 is 0. The Morgan fingerprint density at radius 3 is 2.50 bits per heavy atom. The van der Waals surface area contributed by atoms with Crippen molar-refractivity contribution in [1.82, 2.24) is 5.32 Å². The summed E-state index contributed by atoms with van der Waals surface area (Å²) in [6.07, 6.45) is 1.24. The van der Waals surface area contributed by atoms with Crippen molar-refractivity contribution < 1.29 is 14.3 Å². The number of benzene rings is 1. The molecular formula is C16H25NO3. The Bertz CT molecular complexity index is 469. The average molecular weight is 279 g/mol. The van der Waals surface area contributed by atoms with Crippen LogP contribution in [0, 0.1) is 20.8 Å². The maximum absolute atomic E-state index is 11.9. The number of nitrogens with one attached hydrogen (secondary N) is 1. The normalized spacial score (nSPS) is 10.4. The van der Waals surface area contributed by atoms with E-state index >= 15 is 0 Å². The second kappa shape index (κ2) is 7.90. The molecule has 0 fully saturated rings. The number of hydrogen-bond acceptors (Lipinski definition) is 3. The lowest BCUT2D eigenvalue weighted by atomic mass is 9.96. The van der Waals surface area contributed by atoms with E-state index in [1.165, 1.54) is 0 Å². The maximum atomic E-state index is 11.9. The van der Waals surface area contributed by atoms with Gasteiger partial charge in [-0.1, -0.05) is 6.07 Å². The van der Waals surface area contributed by atoms with Gasteiger partial charge >= 0.3 is 0 Å². The molecule has 0 saturated carbocycles. The molecule has 4 nitrogen and oxygen atoms in total. The van der Waals surface area contributed by atoms with Gasteiger partial charge in [-0.3, -0.25) is 4.79 Å². The van der Waals surface area contributed by atoms with Crippen molar-refractivity contribution >= 4 is 5.91 Å². The molecule has 0 aromatic heterocycles. The van der Waals surface area contributed by atoms with Crippen molar-refractivity contribution in [3.05, 3.63) is 28.3 Å². The minimum absolute atomic E-state index is 0.0492. The molecule has 0 heterocycles. The van der Waals surface area contributed by atoms with Crippen LogP contribution in [0.3, 0.4) is 0 Å². The molecule has 0 radical (unpaired) electrons. The molecule has 1 aromatic rings. The van der Waals surface area contributed by atoms with E-state index in [-0.39, 0.29) is 5.91 Å². The van der Waals surface area contributed by atoms with Crippen LogP contribution in [0.15, 0.2) is 6.07 Å². The Labute approximate surface area is 121 Å². The highest BCUT2D eigenvalue weighted by Gasteiger charge is 2.13. The molecular weight excluding hydrogens is 254 g/mol. The number of aryl methyl sites for hydroxylation is 1. The number of carbonyl (C=O) groups is 1. The van der Waals surface area contributed by atoms with Gasteiger partial charge in [-0.25, -0.2) is 0 Å². The second-order valence-corrected chi connectivity index (χ2v) is 5.01. The lowest BCUT2D eigenvalue weighted by Gasteiger charge is -2.15. The van der Waals surface area contributed by atoms with Crippen molar-refractivity contribution in [1.29, 1.82) is 0 Å². The molecule has 0 aliphatic carbocycles. The largest absolute Gasteiger partial charge is 0.496 e. The molecule has 0 spiro atoms. The first-order chi connectivity index (χ1) is 9.51. The molecule has 1 amide bonds. The highest BCUT2D eigenvalue weighted by atomic mass is 16.5. The summed E-state index contributed by atoms with van der Waals surface area (Å²) in [6, 6.07) is 2.04. The lowest BCUT2D eigenvalue weighted by Crippen LogP contribution is -2.27. The van der Waals surface area contributed by atoms with E-state index in [1.807, 2.05) is 26.8 Å². The van der Waals surface area contributed by atoms with Crippen LogP contribution in [-0.4, -0.2) is 33.3 Å². The number of hydrogen-bond donors (Lipinski definition) is 1. The van der Waals surface area contributed by atoms with Crippen LogP contribution in [0.4, 0.5) is 0 Å². The van der Waals surface area contributed by atoms with Crippen LogP contribution in [-0.2, 0) is 16.0 Å². The van der Waals surface area contributed by atoms with Crippen molar-refractivity contribution in [2.45, 2.75) is 33.6 Å². The minimum atomic E-state index is 0.0492. The fourth-order valence-electron chi connectivity index (χ4n) is 2.32. The van der Waals surface area contributed by atoms with Gasteiger partial charge in [0.25, 0.3) is 0 Å². The van der Waals surface area contributed by atoms with Crippen LogP contribution >= 0.6 is 0 Å². The number of amides is 1. The fourth-order valence-corrected chi connectivity index (χ4v) is 2.32. The van der Waals surface area contributed by atoms with Crippen LogP contribution in [0.25, 0.3) is 0 Å². The zero-order chi connectivity index (χ0) is 15.1. The summed E-state index contributed by atoms with van der Waals surface area (Å²) in [6.45, 7) is 7.39. The average Bonchev–Trinajstić information content (AvgIpc) is 2.41. The first-order valence-electron chi connectivity index (χ1n) is 6.90. The SMILES string of the molecule is COCCCNC(=O)Cc1cc(C)c(OC)c(C)c1C. The molecule has 0 unspecified atom stereocenters. The van der Waals surface area contributed by atoms with Gasteiger partial charge in [0, 0.05) is 20.3 Å². The molecule has 20 heavy (non-hydrogen) atoms. The molecule has 112 valence electrons. The summed E-state index contributed by atoms with van der Waals surface area (Å²) in [4.78, 5) is 11.9. The molecule has 1 N–H and O–H groups in total. The predicted molar refractivity (Wildman–Crippen MR) is 80.4 cm³/mol. The van der Waals surface area contributed by atoms with Gasteiger partial charge in [0.2, 0.25) is 5.91 Å². The fraction of sp³-hybridized carbons (Fsp3) is 0.562. The first kappa shape index (κ1) is 16.5. The third-order valence-electron chi connectivity index (χ3n) is 3.54. The van der Waals surface area contributed by atoms with Gasteiger partial charge in [-0.05, 0) is 49.4 Å². The van der Waals surface area contributed by atoms with Gasteiger partial charge in [-0.15, -0.1) is 0 Å². The molecule has 0 saturated heterocycles. The van der Waals surface area contributed by atoms with Crippen LogP contribution in [0.1, 0.15) is 28.7 Å². The van der Waals surface area contributed by atoms with E-state index in [1.54, 1.807) is 14.2 Å². The quantitative estimate of drug-likeness (QED) is 0.779. The van der Waals surface area contributed by atoms with E-state index < -0.39 is 0 Å². The Morgan fingerprint density at radius 2 is 1.90 bits per heavy atom. The Hall–Kier alpha value is -1.55. The van der Waals surface area contributed by atoms with Gasteiger partial charge in [0.05, 0.1) is 13.5 Å². The number of ether oxygens (including phenoxy) is 2. The molecule has 4 heteroatoms. The summed E-state index contributed by atoms with van der Waals surface area (Å²) in [5.74, 6) is 0.958. The van der Waals surface area contributed by atoms with Crippen molar-refractivity contribution in [3.8, 4) is 5.75 Å². The second-order valence-electron chi connectivity index (χ2n) is 5.01. The number of carbonyl (C=O) groups excluding carboxylic acids is 1. The first-order valence-corrected chi connectivity index (χ1v) is 6.90. The molecule has 1 aromatic carbocycles. The van der Waals surface area contributed by atoms with Crippen LogP contribution in [0.5, 0.6) is 5.75 Å². The van der Waals surface area contributed by atoms with E-state index in [4.69, 9.17) is 9.47 Å². The number of rotatable bonds is 7. The predicted octanol–water partition coefficient (Wildman–Crippen LogP) is 2.32. The van der Waals surface area contributed by atoms with Crippen LogP contribution < -0.4 is 10.1 Å². The molecule has 1 rings (SSSR count). The summed E-state index contributed by atoms with van der Waals surface area (Å²) in [5, 5.41) is 2.91. The van der Waals surface area contributed by atoms with Gasteiger partial charge in [0.1, 0.15) is 5.75 Å². The lowest BCUT2D eigenvalue weighted by molar-refractivity contribution is -0.120. The zero-order valence-electron chi connectivity index (χ0n) is 13.1. The van der Waals surface area contributed by atoms with E-state index in [0.717, 1.165) is 34.4 Å². The molecule has 0 aliphatic heterocycles. The standard InChI is InChI=1S/C16H25NO3/c1-11-9-14(12(2)13(3)16(11)20-5)10-15(18)17-7-6-8-19-4/h9H,6-8,10H2,1-5H3,(H,17,18). The molecule has 0 bridgehead atoms.